The molecule has 0 N–H and O–H groups in total. The highest BCUT2D eigenvalue weighted by Gasteiger charge is 2.45. The molecular formula is C21H24N2O3S. The summed E-state index contributed by atoms with van der Waals surface area (Å²) < 4.78 is 27.6. The molecule has 6 heteroatoms. The molecule has 0 unspecified atom stereocenters. The third-order valence-electron chi connectivity index (χ3n) is 5.91. The molecule has 0 atom stereocenters. The topological polar surface area (TPSA) is 57.7 Å². The van der Waals surface area contributed by atoms with Crippen molar-refractivity contribution in [2.75, 3.05) is 26.7 Å². The van der Waals surface area contributed by atoms with Gasteiger partial charge in [-0.1, -0.05) is 42.5 Å². The maximum Gasteiger partial charge on any atom is 0.243 e. The number of nitrogens with zero attached hydrogens (tertiary/aromatic N) is 2. The van der Waals surface area contributed by atoms with Crippen LogP contribution in [0.2, 0.25) is 0 Å². The molecule has 0 aliphatic carbocycles. The average Bonchev–Trinajstić information content (AvgIpc) is 2.96. The van der Waals surface area contributed by atoms with Gasteiger partial charge >= 0.3 is 0 Å². The summed E-state index contributed by atoms with van der Waals surface area (Å²) in [5.41, 5.74) is 2.02. The zero-order chi connectivity index (χ0) is 19.1. The van der Waals surface area contributed by atoms with Crippen LogP contribution in [0, 0.1) is 5.41 Å². The van der Waals surface area contributed by atoms with Crippen LogP contribution in [-0.4, -0.2) is 50.2 Å². The Morgan fingerprint density at radius 3 is 2.04 bits per heavy atom. The van der Waals surface area contributed by atoms with E-state index in [4.69, 9.17) is 0 Å². The monoisotopic (exact) mass is 384 g/mol. The van der Waals surface area contributed by atoms with E-state index in [1.807, 2.05) is 49.5 Å². The quantitative estimate of drug-likeness (QED) is 0.817. The van der Waals surface area contributed by atoms with E-state index in [9.17, 15) is 13.2 Å². The Morgan fingerprint density at radius 1 is 0.889 bits per heavy atom. The molecule has 27 heavy (non-hydrogen) atoms. The van der Waals surface area contributed by atoms with Gasteiger partial charge in [0.1, 0.15) is 0 Å². The maximum atomic E-state index is 13.0. The van der Waals surface area contributed by atoms with E-state index in [1.54, 1.807) is 21.3 Å². The van der Waals surface area contributed by atoms with E-state index >= 15 is 0 Å². The van der Waals surface area contributed by atoms with Crippen LogP contribution < -0.4 is 0 Å². The molecular weight excluding hydrogens is 360 g/mol. The SMILES string of the molecule is CN1CC2(CCN(S(=O)(=O)c3ccc(-c4ccccc4)cc3)CC2)CC1=O. The Balaban J connectivity index is 1.49. The van der Waals surface area contributed by atoms with Gasteiger partial charge in [-0.3, -0.25) is 4.79 Å². The van der Waals surface area contributed by atoms with Crippen molar-refractivity contribution in [2.24, 2.45) is 5.41 Å². The van der Waals surface area contributed by atoms with Crippen LogP contribution >= 0.6 is 0 Å². The minimum absolute atomic E-state index is 0.0466. The van der Waals surface area contributed by atoms with Crippen molar-refractivity contribution in [1.29, 1.82) is 0 Å². The van der Waals surface area contributed by atoms with Crippen molar-refractivity contribution in [3.8, 4) is 11.1 Å². The van der Waals surface area contributed by atoms with Crippen molar-refractivity contribution in [3.63, 3.8) is 0 Å². The van der Waals surface area contributed by atoms with Crippen LogP contribution in [0.5, 0.6) is 0 Å². The second-order valence-corrected chi connectivity index (χ2v) is 9.66. The zero-order valence-corrected chi connectivity index (χ0v) is 16.3. The van der Waals surface area contributed by atoms with Crippen LogP contribution in [0.25, 0.3) is 11.1 Å². The first-order chi connectivity index (χ1) is 12.9. The predicted octanol–water partition coefficient (Wildman–Crippen LogP) is 2.99. The van der Waals surface area contributed by atoms with Gasteiger partial charge in [0.15, 0.2) is 0 Å². The number of carbonyl (C=O) groups excluding carboxylic acids is 1. The first kappa shape index (κ1) is 18.2. The highest BCUT2D eigenvalue weighted by molar-refractivity contribution is 7.89. The van der Waals surface area contributed by atoms with Crippen molar-refractivity contribution in [3.05, 3.63) is 54.6 Å². The molecule has 2 aromatic rings. The third kappa shape index (κ3) is 3.39. The maximum absolute atomic E-state index is 13.0. The first-order valence-corrected chi connectivity index (χ1v) is 10.7. The van der Waals surface area contributed by atoms with Gasteiger partial charge in [0.05, 0.1) is 4.90 Å². The summed E-state index contributed by atoms with van der Waals surface area (Å²) in [6, 6.07) is 17.0. The van der Waals surface area contributed by atoms with Crippen LogP contribution in [0.1, 0.15) is 19.3 Å². The summed E-state index contributed by atoms with van der Waals surface area (Å²) in [6.07, 6.45) is 2.03. The van der Waals surface area contributed by atoms with Crippen molar-refractivity contribution < 1.29 is 13.2 Å². The molecule has 2 aliphatic heterocycles. The summed E-state index contributed by atoms with van der Waals surface area (Å²) in [4.78, 5) is 14.0. The van der Waals surface area contributed by atoms with Gasteiger partial charge in [0.25, 0.3) is 0 Å². The molecule has 1 spiro atoms. The largest absolute Gasteiger partial charge is 0.345 e. The number of piperidine rings is 1. The number of sulfonamides is 1. The predicted molar refractivity (Wildman–Crippen MR) is 105 cm³/mol. The summed E-state index contributed by atoms with van der Waals surface area (Å²) in [6.45, 7) is 1.69. The van der Waals surface area contributed by atoms with E-state index in [0.717, 1.165) is 30.5 Å². The van der Waals surface area contributed by atoms with Crippen molar-refractivity contribution in [2.45, 2.75) is 24.2 Å². The molecule has 2 saturated heterocycles. The molecule has 0 aromatic heterocycles. The van der Waals surface area contributed by atoms with E-state index in [0.29, 0.717) is 24.4 Å². The Morgan fingerprint density at radius 2 is 1.48 bits per heavy atom. The summed E-state index contributed by atoms with van der Waals surface area (Å²) in [5, 5.41) is 0. The average molecular weight is 385 g/mol. The van der Waals surface area contributed by atoms with Gasteiger partial charge in [0.2, 0.25) is 15.9 Å². The van der Waals surface area contributed by atoms with Gasteiger partial charge in [-0.2, -0.15) is 4.31 Å². The van der Waals surface area contributed by atoms with Crippen molar-refractivity contribution >= 4 is 15.9 Å². The lowest BCUT2D eigenvalue weighted by Gasteiger charge is -2.37. The fourth-order valence-electron chi connectivity index (χ4n) is 4.24. The molecule has 0 radical (unpaired) electrons. The lowest BCUT2D eigenvalue weighted by Crippen LogP contribution is -2.44. The molecule has 2 aromatic carbocycles. The minimum atomic E-state index is -3.50. The molecule has 0 saturated carbocycles. The van der Waals surface area contributed by atoms with Gasteiger partial charge in [-0.05, 0) is 41.5 Å². The molecule has 0 bridgehead atoms. The third-order valence-corrected chi connectivity index (χ3v) is 7.82. The van der Waals surface area contributed by atoms with Crippen LogP contribution in [-0.2, 0) is 14.8 Å². The lowest BCUT2D eigenvalue weighted by molar-refractivity contribution is -0.126. The number of carbonyl (C=O) groups is 1. The summed E-state index contributed by atoms with van der Waals surface area (Å²) >= 11 is 0. The molecule has 1 amide bonds. The van der Waals surface area contributed by atoms with Gasteiger partial charge in [0, 0.05) is 33.1 Å². The number of hydrogen-bond donors (Lipinski definition) is 0. The lowest BCUT2D eigenvalue weighted by atomic mass is 9.78. The molecule has 2 aliphatic rings. The smallest absolute Gasteiger partial charge is 0.243 e. The summed E-state index contributed by atoms with van der Waals surface area (Å²) in [7, 11) is -1.67. The second-order valence-electron chi connectivity index (χ2n) is 7.72. The van der Waals surface area contributed by atoms with Crippen molar-refractivity contribution in [1.82, 2.24) is 9.21 Å². The van der Waals surface area contributed by atoms with Gasteiger partial charge in [-0.15, -0.1) is 0 Å². The molecule has 2 heterocycles. The van der Waals surface area contributed by atoms with Gasteiger partial charge in [-0.25, -0.2) is 8.42 Å². The minimum Gasteiger partial charge on any atom is -0.345 e. The standard InChI is InChI=1S/C21H24N2O3S/c1-22-16-21(15-20(22)24)11-13-23(14-12-21)27(25,26)19-9-7-18(8-10-19)17-5-3-2-4-6-17/h2-10H,11-16H2,1H3. The van der Waals surface area contributed by atoms with Crippen LogP contribution in [0.15, 0.2) is 59.5 Å². The number of likely N-dealkylation sites (tertiary alicyclic amines) is 1. The second kappa shape index (κ2) is 6.77. The number of hydrogen-bond acceptors (Lipinski definition) is 3. The Labute approximate surface area is 160 Å². The molecule has 142 valence electrons. The van der Waals surface area contributed by atoms with Crippen LogP contribution in [0.3, 0.4) is 0 Å². The number of benzene rings is 2. The van der Waals surface area contributed by atoms with E-state index in [-0.39, 0.29) is 11.3 Å². The number of amides is 1. The highest BCUT2D eigenvalue weighted by atomic mass is 32.2. The van der Waals surface area contributed by atoms with E-state index in [1.165, 1.54) is 0 Å². The molecule has 4 rings (SSSR count). The van der Waals surface area contributed by atoms with Gasteiger partial charge < -0.3 is 4.90 Å². The number of rotatable bonds is 3. The van der Waals surface area contributed by atoms with E-state index in [2.05, 4.69) is 0 Å². The fourth-order valence-corrected chi connectivity index (χ4v) is 5.68. The Kier molecular flexibility index (Phi) is 4.56. The van der Waals surface area contributed by atoms with Crippen LogP contribution in [0.4, 0.5) is 0 Å². The molecule has 5 nitrogen and oxygen atoms in total. The van der Waals surface area contributed by atoms with E-state index < -0.39 is 10.0 Å². The highest BCUT2D eigenvalue weighted by Crippen LogP contribution is 2.41. The zero-order valence-electron chi connectivity index (χ0n) is 15.5. The first-order valence-electron chi connectivity index (χ1n) is 9.29. The molecule has 2 fully saturated rings. The normalized spacial score (nSPS) is 20.3. The Hall–Kier alpha value is -2.18. The Bertz CT molecular complexity index is 931. The fraction of sp³-hybridized carbons (Fsp3) is 0.381. The summed E-state index contributed by atoms with van der Waals surface area (Å²) in [5.74, 6) is 0.169.